The molecule has 1 N–H and O–H groups in total. The second-order valence-electron chi connectivity index (χ2n) is 11.3. The number of nitrogens with zero attached hydrogens (tertiary/aromatic N) is 2. The molecule has 0 saturated heterocycles. The average molecular weight is 636 g/mol. The summed E-state index contributed by atoms with van der Waals surface area (Å²) in [5.41, 5.74) is 1.23. The zero-order valence-electron chi connectivity index (χ0n) is 27.0. The normalized spacial score (nSPS) is 13.7. The molecule has 0 radical (unpaired) electrons. The smallest absolute Gasteiger partial charge is 0.308 e. The van der Waals surface area contributed by atoms with E-state index in [-0.39, 0.29) is 47.4 Å². The van der Waals surface area contributed by atoms with Gasteiger partial charge in [-0.25, -0.2) is 4.98 Å². The van der Waals surface area contributed by atoms with Crippen molar-refractivity contribution in [3.63, 3.8) is 0 Å². The van der Waals surface area contributed by atoms with Crippen LogP contribution >= 0.6 is 24.0 Å². The first kappa shape index (κ1) is 38.1. The van der Waals surface area contributed by atoms with Gasteiger partial charge in [0.15, 0.2) is 6.10 Å². The van der Waals surface area contributed by atoms with Crippen LogP contribution in [0.15, 0.2) is 35.7 Å². The molecule has 0 aliphatic carbocycles. The Balaban J connectivity index is 0.00000452. The Hall–Kier alpha value is -2.92. The van der Waals surface area contributed by atoms with E-state index in [4.69, 9.17) is 9.47 Å². The van der Waals surface area contributed by atoms with Gasteiger partial charge < -0.3 is 19.7 Å². The van der Waals surface area contributed by atoms with Gasteiger partial charge in [0.25, 0.3) is 5.91 Å². The molecule has 0 saturated carbocycles. The number of ether oxygens (including phenoxy) is 2. The Morgan fingerprint density at radius 3 is 2.19 bits per heavy atom. The molecule has 2 amide bonds. The number of hydrogen-bond donors (Lipinski definition) is 2. The summed E-state index contributed by atoms with van der Waals surface area (Å²) in [5, 5.41) is 5.16. The summed E-state index contributed by atoms with van der Waals surface area (Å²) >= 11 is 4.77. The van der Waals surface area contributed by atoms with Crippen LogP contribution in [-0.4, -0.2) is 66.1 Å². The van der Waals surface area contributed by atoms with Crippen LogP contribution in [-0.2, 0) is 30.3 Å². The molecule has 0 aliphatic rings. The fraction of sp³-hybridized carbons (Fsp3) is 0.594. The molecule has 0 fully saturated rings. The van der Waals surface area contributed by atoms with Gasteiger partial charge in [0, 0.05) is 44.3 Å². The van der Waals surface area contributed by atoms with Crippen LogP contribution in [0.4, 0.5) is 0 Å². The number of carbonyl (C=O) groups excluding carboxylic acids is 4. The lowest BCUT2D eigenvalue weighted by Crippen LogP contribution is -2.42. The van der Waals surface area contributed by atoms with Crippen LogP contribution in [0.1, 0.15) is 88.0 Å². The second-order valence-corrected chi connectivity index (χ2v) is 12.2. The van der Waals surface area contributed by atoms with E-state index < -0.39 is 18.0 Å². The minimum absolute atomic E-state index is 0.0325. The van der Waals surface area contributed by atoms with Crippen molar-refractivity contribution in [2.75, 3.05) is 20.4 Å². The summed E-state index contributed by atoms with van der Waals surface area (Å²) in [6.07, 6.45) is 2.71. The van der Waals surface area contributed by atoms with Crippen LogP contribution in [0.2, 0.25) is 0 Å². The third kappa shape index (κ3) is 13.1. The Bertz CT molecular complexity index is 1150. The Morgan fingerprint density at radius 1 is 1.02 bits per heavy atom. The van der Waals surface area contributed by atoms with E-state index in [1.807, 2.05) is 58.0 Å². The lowest BCUT2D eigenvalue weighted by atomic mass is 9.95. The molecule has 11 heteroatoms. The summed E-state index contributed by atoms with van der Waals surface area (Å²) in [7, 11) is 3.13. The molecule has 4 atom stereocenters. The lowest BCUT2D eigenvalue weighted by molar-refractivity contribution is -0.148. The Labute approximate surface area is 266 Å². The monoisotopic (exact) mass is 635 g/mol. The van der Waals surface area contributed by atoms with Crippen molar-refractivity contribution in [1.29, 1.82) is 0 Å². The molecular formula is C32H49N3O6S2. The number of aromatic nitrogens is 1. The summed E-state index contributed by atoms with van der Waals surface area (Å²) in [6, 6.07) is 9.20. The van der Waals surface area contributed by atoms with E-state index in [2.05, 4.69) is 22.9 Å². The SMILES string of the molecule is COC(=O)C(C)CC(Cc1ccccc1)NC(=O)c1csc(C(CC(C(C)C)N(C)C(=O)CC(C)C)OC(C)=O)n1.CS. The van der Waals surface area contributed by atoms with Gasteiger partial charge in [-0.2, -0.15) is 12.6 Å². The number of methoxy groups -OCH3 is 1. The van der Waals surface area contributed by atoms with Crippen molar-refractivity contribution in [3.8, 4) is 0 Å². The minimum atomic E-state index is -0.708. The van der Waals surface area contributed by atoms with E-state index in [1.54, 1.807) is 30.5 Å². The molecule has 0 spiro atoms. The highest BCUT2D eigenvalue weighted by molar-refractivity contribution is 7.79. The van der Waals surface area contributed by atoms with Gasteiger partial charge in [-0.1, -0.05) is 65.0 Å². The van der Waals surface area contributed by atoms with Crippen molar-refractivity contribution < 1.29 is 28.7 Å². The van der Waals surface area contributed by atoms with Crippen LogP contribution in [0, 0.1) is 17.8 Å². The fourth-order valence-corrected chi connectivity index (χ4v) is 5.63. The standard InChI is InChI=1S/C31H45N3O6S.CH4S/c1-19(2)14-28(36)34(7)26(20(3)4)17-27(40-22(6)35)30-33-25(18-41-30)29(37)32-24(15-21(5)31(38)39-8)16-23-12-10-9-11-13-23;1-2/h9-13,18-21,24,26-27H,14-17H2,1-8H3,(H,32,37);2H,1H3. The summed E-state index contributed by atoms with van der Waals surface area (Å²) in [5.74, 6) is -1.22. The predicted molar refractivity (Wildman–Crippen MR) is 174 cm³/mol. The van der Waals surface area contributed by atoms with Crippen LogP contribution < -0.4 is 5.32 Å². The molecule has 9 nitrogen and oxygen atoms in total. The number of carbonyl (C=O) groups is 4. The number of amides is 2. The van der Waals surface area contributed by atoms with Crippen molar-refractivity contribution in [2.45, 2.75) is 85.4 Å². The topological polar surface area (TPSA) is 115 Å². The summed E-state index contributed by atoms with van der Waals surface area (Å²) < 4.78 is 10.5. The zero-order chi connectivity index (χ0) is 32.7. The molecule has 43 heavy (non-hydrogen) atoms. The van der Waals surface area contributed by atoms with E-state index in [0.717, 1.165) is 5.56 Å². The molecular weight excluding hydrogens is 587 g/mol. The molecule has 4 unspecified atom stereocenters. The van der Waals surface area contributed by atoms with Crippen LogP contribution in [0.25, 0.3) is 0 Å². The minimum Gasteiger partial charge on any atom is -0.469 e. The highest BCUT2D eigenvalue weighted by atomic mass is 32.1. The number of hydrogen-bond acceptors (Lipinski definition) is 9. The zero-order valence-corrected chi connectivity index (χ0v) is 28.7. The number of thiazole rings is 1. The van der Waals surface area contributed by atoms with Crippen molar-refractivity contribution in [3.05, 3.63) is 52.0 Å². The number of thiol groups is 1. The van der Waals surface area contributed by atoms with Crippen molar-refractivity contribution in [2.24, 2.45) is 17.8 Å². The molecule has 2 aromatic rings. The Morgan fingerprint density at radius 2 is 1.65 bits per heavy atom. The molecule has 0 aliphatic heterocycles. The van der Waals surface area contributed by atoms with Gasteiger partial charge in [0.1, 0.15) is 10.7 Å². The fourth-order valence-electron chi connectivity index (χ4n) is 4.79. The molecule has 240 valence electrons. The van der Waals surface area contributed by atoms with Crippen molar-refractivity contribution in [1.82, 2.24) is 15.2 Å². The second kappa shape index (κ2) is 19.4. The first-order valence-electron chi connectivity index (χ1n) is 14.6. The lowest BCUT2D eigenvalue weighted by Gasteiger charge is -2.34. The highest BCUT2D eigenvalue weighted by Gasteiger charge is 2.31. The molecule has 0 bridgehead atoms. The molecule has 1 aromatic heterocycles. The predicted octanol–water partition coefficient (Wildman–Crippen LogP) is 5.75. The number of nitrogens with one attached hydrogen (secondary N) is 1. The van der Waals surface area contributed by atoms with Gasteiger partial charge in [0.05, 0.1) is 13.0 Å². The van der Waals surface area contributed by atoms with E-state index in [0.29, 0.717) is 30.7 Å². The first-order valence-corrected chi connectivity index (χ1v) is 16.3. The number of rotatable bonds is 15. The van der Waals surface area contributed by atoms with Gasteiger partial charge in [-0.3, -0.25) is 19.2 Å². The third-order valence-electron chi connectivity index (χ3n) is 6.94. The highest BCUT2D eigenvalue weighted by Crippen LogP contribution is 2.31. The maximum absolute atomic E-state index is 13.3. The third-order valence-corrected chi connectivity index (χ3v) is 7.88. The Kier molecular flexibility index (Phi) is 17.2. The summed E-state index contributed by atoms with van der Waals surface area (Å²) in [4.78, 5) is 56.5. The maximum Gasteiger partial charge on any atom is 0.308 e. The van der Waals surface area contributed by atoms with Crippen LogP contribution in [0.5, 0.6) is 0 Å². The maximum atomic E-state index is 13.3. The van der Waals surface area contributed by atoms with Crippen LogP contribution in [0.3, 0.4) is 0 Å². The largest absolute Gasteiger partial charge is 0.469 e. The first-order chi connectivity index (χ1) is 20.3. The quantitative estimate of drug-likeness (QED) is 0.189. The molecule has 1 aromatic carbocycles. The van der Waals surface area contributed by atoms with Gasteiger partial charge >= 0.3 is 11.9 Å². The van der Waals surface area contributed by atoms with E-state index in [9.17, 15) is 19.2 Å². The van der Waals surface area contributed by atoms with Gasteiger partial charge in [0.2, 0.25) is 5.91 Å². The van der Waals surface area contributed by atoms with Gasteiger partial charge in [-0.15, -0.1) is 11.3 Å². The molecule has 1 heterocycles. The van der Waals surface area contributed by atoms with E-state index in [1.165, 1.54) is 25.4 Å². The molecule has 2 rings (SSSR count). The van der Waals surface area contributed by atoms with Gasteiger partial charge in [-0.05, 0) is 36.5 Å². The van der Waals surface area contributed by atoms with Crippen molar-refractivity contribution >= 4 is 47.7 Å². The average Bonchev–Trinajstić information content (AvgIpc) is 3.46. The number of esters is 2. The number of benzene rings is 1. The van der Waals surface area contributed by atoms with E-state index >= 15 is 0 Å². The summed E-state index contributed by atoms with van der Waals surface area (Å²) in [6.45, 7) is 11.2.